The lowest BCUT2D eigenvalue weighted by molar-refractivity contribution is -0.124. The van der Waals surface area contributed by atoms with E-state index in [2.05, 4.69) is 15.3 Å². The van der Waals surface area contributed by atoms with Gasteiger partial charge in [0.25, 0.3) is 5.91 Å². The maximum absolute atomic E-state index is 12.6. The Balaban J connectivity index is 1.66. The SMILES string of the molecule is CCC(OC(=O)c1ccc(-c2ncc[nH]2)cc1)C(=O)Nc1ccc(C)cc1C. The quantitative estimate of drug-likeness (QED) is 0.629. The Labute approximate surface area is 164 Å². The third-order valence-corrected chi connectivity index (χ3v) is 4.44. The number of aryl methyl sites for hydroxylation is 2. The van der Waals surface area contributed by atoms with E-state index in [1.54, 1.807) is 43.6 Å². The number of esters is 1. The van der Waals surface area contributed by atoms with Crippen molar-refractivity contribution < 1.29 is 14.3 Å². The number of carbonyl (C=O) groups excluding carboxylic acids is 2. The van der Waals surface area contributed by atoms with Crippen LogP contribution in [0, 0.1) is 13.8 Å². The smallest absolute Gasteiger partial charge is 0.338 e. The van der Waals surface area contributed by atoms with Gasteiger partial charge in [-0.25, -0.2) is 9.78 Å². The number of hydrogen-bond acceptors (Lipinski definition) is 4. The molecule has 6 heteroatoms. The number of rotatable bonds is 6. The van der Waals surface area contributed by atoms with Crippen molar-refractivity contribution in [3.05, 3.63) is 71.5 Å². The number of ether oxygens (including phenoxy) is 1. The summed E-state index contributed by atoms with van der Waals surface area (Å²) in [5, 5.41) is 2.84. The number of imidazole rings is 1. The molecule has 0 saturated heterocycles. The molecule has 2 N–H and O–H groups in total. The van der Waals surface area contributed by atoms with Crippen LogP contribution in [0.2, 0.25) is 0 Å². The molecule has 6 nitrogen and oxygen atoms in total. The van der Waals surface area contributed by atoms with Crippen molar-refractivity contribution in [3.8, 4) is 11.4 Å². The maximum atomic E-state index is 12.6. The normalized spacial score (nSPS) is 11.7. The molecule has 144 valence electrons. The van der Waals surface area contributed by atoms with Crippen LogP contribution < -0.4 is 5.32 Å². The highest BCUT2D eigenvalue weighted by atomic mass is 16.5. The predicted octanol–water partition coefficient (Wildman–Crippen LogP) is 4.27. The number of aromatic nitrogens is 2. The Morgan fingerprint density at radius 2 is 1.89 bits per heavy atom. The Bertz CT molecular complexity index is 963. The zero-order valence-electron chi connectivity index (χ0n) is 16.2. The largest absolute Gasteiger partial charge is 0.449 e. The van der Waals surface area contributed by atoms with Crippen molar-refractivity contribution in [2.45, 2.75) is 33.3 Å². The predicted molar refractivity (Wildman–Crippen MR) is 108 cm³/mol. The van der Waals surface area contributed by atoms with E-state index in [9.17, 15) is 9.59 Å². The number of benzene rings is 2. The van der Waals surface area contributed by atoms with Gasteiger partial charge < -0.3 is 15.0 Å². The third kappa shape index (κ3) is 4.46. The highest BCUT2D eigenvalue weighted by molar-refractivity contribution is 5.98. The van der Waals surface area contributed by atoms with Gasteiger partial charge in [-0.1, -0.05) is 36.8 Å². The van der Waals surface area contributed by atoms with Gasteiger partial charge in [0.1, 0.15) is 5.82 Å². The van der Waals surface area contributed by atoms with Gasteiger partial charge in [0.15, 0.2) is 6.10 Å². The molecule has 1 amide bonds. The first-order chi connectivity index (χ1) is 13.5. The lowest BCUT2D eigenvalue weighted by Gasteiger charge is -2.17. The van der Waals surface area contributed by atoms with Crippen LogP contribution in [0.25, 0.3) is 11.4 Å². The Hall–Kier alpha value is -3.41. The number of H-pyrrole nitrogens is 1. The molecule has 1 atom stereocenters. The summed E-state index contributed by atoms with van der Waals surface area (Å²) in [5.74, 6) is -0.150. The molecule has 1 unspecified atom stereocenters. The van der Waals surface area contributed by atoms with Gasteiger partial charge in [0.05, 0.1) is 5.56 Å². The number of nitrogens with zero attached hydrogens (tertiary/aromatic N) is 1. The van der Waals surface area contributed by atoms with Gasteiger partial charge in [-0.3, -0.25) is 4.79 Å². The average Bonchev–Trinajstić information content (AvgIpc) is 3.23. The summed E-state index contributed by atoms with van der Waals surface area (Å²) in [5.41, 5.74) is 4.04. The number of anilines is 1. The standard InChI is InChI=1S/C22H23N3O3/c1-4-19(21(26)25-18-10-5-14(2)13-15(18)3)28-22(27)17-8-6-16(7-9-17)20-23-11-12-24-20/h5-13,19H,4H2,1-3H3,(H,23,24)(H,25,26). The van der Waals surface area contributed by atoms with Crippen LogP contribution in [0.3, 0.4) is 0 Å². The molecule has 3 rings (SSSR count). The van der Waals surface area contributed by atoms with Crippen LogP contribution in [-0.2, 0) is 9.53 Å². The van der Waals surface area contributed by atoms with Gasteiger partial charge in [0.2, 0.25) is 0 Å². The molecule has 0 spiro atoms. The summed E-state index contributed by atoms with van der Waals surface area (Å²) in [6, 6.07) is 12.7. The highest BCUT2D eigenvalue weighted by Gasteiger charge is 2.22. The first-order valence-electron chi connectivity index (χ1n) is 9.17. The molecule has 0 aliphatic rings. The number of amides is 1. The maximum Gasteiger partial charge on any atom is 0.338 e. The summed E-state index contributed by atoms with van der Waals surface area (Å²) in [7, 11) is 0. The molecular formula is C22H23N3O3. The molecule has 2 aromatic carbocycles. The number of nitrogens with one attached hydrogen (secondary N) is 2. The fourth-order valence-corrected chi connectivity index (χ4v) is 2.87. The van der Waals surface area contributed by atoms with Gasteiger partial charge >= 0.3 is 5.97 Å². The van der Waals surface area contributed by atoms with Crippen molar-refractivity contribution in [3.63, 3.8) is 0 Å². The Morgan fingerprint density at radius 3 is 2.50 bits per heavy atom. The van der Waals surface area contributed by atoms with Crippen LogP contribution in [0.4, 0.5) is 5.69 Å². The second-order valence-electron chi connectivity index (χ2n) is 6.62. The van der Waals surface area contributed by atoms with Crippen molar-refractivity contribution >= 4 is 17.6 Å². The summed E-state index contributed by atoms with van der Waals surface area (Å²) < 4.78 is 5.44. The fraction of sp³-hybridized carbons (Fsp3) is 0.227. The monoisotopic (exact) mass is 377 g/mol. The topological polar surface area (TPSA) is 84.1 Å². The molecule has 0 saturated carbocycles. The number of carbonyl (C=O) groups is 2. The van der Waals surface area contributed by atoms with E-state index < -0.39 is 12.1 Å². The number of aromatic amines is 1. The van der Waals surface area contributed by atoms with E-state index >= 15 is 0 Å². The van der Waals surface area contributed by atoms with Gasteiger partial charge in [-0.05, 0) is 44.0 Å². The molecule has 0 bridgehead atoms. The summed E-state index contributed by atoms with van der Waals surface area (Å²) >= 11 is 0. The van der Waals surface area contributed by atoms with Crippen molar-refractivity contribution in [2.24, 2.45) is 0 Å². The van der Waals surface area contributed by atoms with Crippen molar-refractivity contribution in [1.29, 1.82) is 0 Å². The van der Waals surface area contributed by atoms with E-state index in [1.807, 2.05) is 32.0 Å². The van der Waals surface area contributed by atoms with Crippen LogP contribution in [0.15, 0.2) is 54.9 Å². The second kappa shape index (κ2) is 8.52. The Kier molecular flexibility index (Phi) is 5.89. The van der Waals surface area contributed by atoms with Crippen LogP contribution in [0.5, 0.6) is 0 Å². The summed E-state index contributed by atoms with van der Waals surface area (Å²) in [4.78, 5) is 32.2. The molecule has 0 fully saturated rings. The van der Waals surface area contributed by atoms with Gasteiger partial charge in [-0.15, -0.1) is 0 Å². The zero-order valence-corrected chi connectivity index (χ0v) is 16.2. The molecule has 28 heavy (non-hydrogen) atoms. The third-order valence-electron chi connectivity index (χ3n) is 4.44. The summed E-state index contributed by atoms with van der Waals surface area (Å²) in [6.45, 7) is 5.72. The van der Waals surface area contributed by atoms with Crippen LogP contribution in [-0.4, -0.2) is 27.9 Å². The van der Waals surface area contributed by atoms with Crippen molar-refractivity contribution in [1.82, 2.24) is 9.97 Å². The number of hydrogen-bond donors (Lipinski definition) is 2. The fourth-order valence-electron chi connectivity index (χ4n) is 2.87. The molecule has 1 heterocycles. The minimum Gasteiger partial charge on any atom is -0.449 e. The lowest BCUT2D eigenvalue weighted by atomic mass is 10.1. The zero-order chi connectivity index (χ0) is 20.1. The lowest BCUT2D eigenvalue weighted by Crippen LogP contribution is -2.32. The van der Waals surface area contributed by atoms with E-state index in [4.69, 9.17) is 4.74 Å². The van der Waals surface area contributed by atoms with Crippen molar-refractivity contribution in [2.75, 3.05) is 5.32 Å². The van der Waals surface area contributed by atoms with E-state index in [1.165, 1.54) is 0 Å². The minimum atomic E-state index is -0.863. The highest BCUT2D eigenvalue weighted by Crippen LogP contribution is 2.19. The van der Waals surface area contributed by atoms with E-state index in [0.29, 0.717) is 17.7 Å². The Morgan fingerprint density at radius 1 is 1.14 bits per heavy atom. The second-order valence-corrected chi connectivity index (χ2v) is 6.62. The average molecular weight is 377 g/mol. The molecule has 0 aliphatic heterocycles. The molecule has 3 aromatic rings. The first kappa shape index (κ1) is 19.4. The molecule has 0 aliphatic carbocycles. The van der Waals surface area contributed by atoms with Gasteiger partial charge in [0, 0.05) is 23.6 Å². The van der Waals surface area contributed by atoms with E-state index in [-0.39, 0.29) is 5.91 Å². The minimum absolute atomic E-state index is 0.338. The van der Waals surface area contributed by atoms with Crippen LogP contribution >= 0.6 is 0 Å². The van der Waals surface area contributed by atoms with Gasteiger partial charge in [-0.2, -0.15) is 0 Å². The van der Waals surface area contributed by atoms with E-state index in [0.717, 1.165) is 22.5 Å². The van der Waals surface area contributed by atoms with Crippen LogP contribution in [0.1, 0.15) is 34.8 Å². The first-order valence-corrected chi connectivity index (χ1v) is 9.17. The molecule has 0 radical (unpaired) electrons. The molecule has 1 aromatic heterocycles. The molecular weight excluding hydrogens is 354 g/mol. The summed E-state index contributed by atoms with van der Waals surface area (Å²) in [6.07, 6.45) is 2.92.